The number of hydrogen-bond donors (Lipinski definition) is 1. The molecule has 0 spiro atoms. The number of benzene rings is 2. The van der Waals surface area contributed by atoms with Crippen LogP contribution < -0.4 is 10.1 Å². The monoisotopic (exact) mass is 397 g/mol. The summed E-state index contributed by atoms with van der Waals surface area (Å²) in [6.45, 7) is 3.95. The number of nitro benzene ring substituents is 1. The van der Waals surface area contributed by atoms with E-state index in [1.165, 1.54) is 19.4 Å². The second-order valence-corrected chi connectivity index (χ2v) is 7.31. The van der Waals surface area contributed by atoms with Crippen LogP contribution in [0.15, 0.2) is 42.5 Å². The van der Waals surface area contributed by atoms with Crippen LogP contribution in [0, 0.1) is 10.1 Å². The second-order valence-electron chi connectivity index (χ2n) is 7.31. The van der Waals surface area contributed by atoms with E-state index in [9.17, 15) is 14.9 Å². The third-order valence-electron chi connectivity index (χ3n) is 5.42. The SMILES string of the molecule is COc1ccc(C(CNc2ccc(C(C)=O)cc2[N+](=O)[O-])N2CCCCC2)cc1. The average Bonchev–Trinajstić information content (AvgIpc) is 2.75. The molecule has 1 heterocycles. The third-order valence-corrected chi connectivity index (χ3v) is 5.42. The van der Waals surface area contributed by atoms with Crippen molar-refractivity contribution in [3.63, 3.8) is 0 Å². The zero-order valence-electron chi connectivity index (χ0n) is 16.9. The molecule has 0 bridgehead atoms. The molecule has 1 N–H and O–H groups in total. The van der Waals surface area contributed by atoms with Gasteiger partial charge in [0.25, 0.3) is 5.69 Å². The summed E-state index contributed by atoms with van der Waals surface area (Å²) in [7, 11) is 1.64. The molecule has 1 atom stereocenters. The molecular weight excluding hydrogens is 370 g/mol. The maximum Gasteiger partial charge on any atom is 0.293 e. The number of ketones is 1. The molecule has 1 fully saturated rings. The van der Waals surface area contributed by atoms with Gasteiger partial charge in [0.1, 0.15) is 11.4 Å². The highest BCUT2D eigenvalue weighted by molar-refractivity contribution is 5.95. The number of hydrogen-bond acceptors (Lipinski definition) is 6. The molecule has 1 saturated heterocycles. The van der Waals surface area contributed by atoms with E-state index in [0.29, 0.717) is 17.8 Å². The maximum atomic E-state index is 11.6. The summed E-state index contributed by atoms with van der Waals surface area (Å²) in [6.07, 6.45) is 3.54. The summed E-state index contributed by atoms with van der Waals surface area (Å²) in [6, 6.07) is 12.7. The molecule has 2 aromatic rings. The number of carbonyl (C=O) groups excluding carboxylic acids is 1. The summed E-state index contributed by atoms with van der Waals surface area (Å²) in [5, 5.41) is 14.8. The fourth-order valence-corrected chi connectivity index (χ4v) is 3.77. The molecule has 7 nitrogen and oxygen atoms in total. The van der Waals surface area contributed by atoms with E-state index in [4.69, 9.17) is 4.74 Å². The molecule has 0 aliphatic carbocycles. The molecule has 1 unspecified atom stereocenters. The molecule has 0 aromatic heterocycles. The molecule has 29 heavy (non-hydrogen) atoms. The molecule has 7 heteroatoms. The van der Waals surface area contributed by atoms with Gasteiger partial charge in [0.05, 0.1) is 18.1 Å². The summed E-state index contributed by atoms with van der Waals surface area (Å²) in [5.41, 5.74) is 1.83. The predicted octanol–water partition coefficient (Wildman–Crippen LogP) is 4.45. The number of ether oxygens (including phenoxy) is 1. The number of methoxy groups -OCH3 is 1. The number of anilines is 1. The first-order valence-corrected chi connectivity index (χ1v) is 9.91. The lowest BCUT2D eigenvalue weighted by Gasteiger charge is -2.35. The van der Waals surface area contributed by atoms with Gasteiger partial charge in [0, 0.05) is 18.2 Å². The van der Waals surface area contributed by atoms with E-state index in [1.807, 2.05) is 24.3 Å². The van der Waals surface area contributed by atoms with Crippen molar-refractivity contribution in [3.05, 3.63) is 63.7 Å². The van der Waals surface area contributed by atoms with Crippen molar-refractivity contribution in [1.29, 1.82) is 0 Å². The van der Waals surface area contributed by atoms with Crippen molar-refractivity contribution in [2.75, 3.05) is 32.1 Å². The minimum Gasteiger partial charge on any atom is -0.497 e. The number of rotatable bonds is 8. The lowest BCUT2D eigenvalue weighted by Crippen LogP contribution is -2.37. The number of likely N-dealkylation sites (tertiary alicyclic amines) is 1. The van der Waals surface area contributed by atoms with Gasteiger partial charge < -0.3 is 10.1 Å². The molecule has 0 amide bonds. The summed E-state index contributed by atoms with van der Waals surface area (Å²) < 4.78 is 5.26. The summed E-state index contributed by atoms with van der Waals surface area (Å²) >= 11 is 0. The maximum absolute atomic E-state index is 11.6. The van der Waals surface area contributed by atoms with E-state index < -0.39 is 4.92 Å². The minimum absolute atomic E-state index is 0.0789. The van der Waals surface area contributed by atoms with Crippen LogP contribution in [0.1, 0.15) is 48.1 Å². The number of nitrogens with zero attached hydrogens (tertiary/aromatic N) is 2. The Morgan fingerprint density at radius 1 is 1.17 bits per heavy atom. The Morgan fingerprint density at radius 2 is 1.86 bits per heavy atom. The van der Waals surface area contributed by atoms with E-state index in [0.717, 1.165) is 37.2 Å². The van der Waals surface area contributed by atoms with E-state index in [2.05, 4.69) is 10.2 Å². The molecule has 154 valence electrons. The average molecular weight is 397 g/mol. The Morgan fingerprint density at radius 3 is 2.45 bits per heavy atom. The lowest BCUT2D eigenvalue weighted by molar-refractivity contribution is -0.384. The van der Waals surface area contributed by atoms with Gasteiger partial charge in [0.15, 0.2) is 5.78 Å². The van der Waals surface area contributed by atoms with Gasteiger partial charge in [-0.05, 0) is 62.7 Å². The minimum atomic E-state index is -0.446. The van der Waals surface area contributed by atoms with E-state index in [1.54, 1.807) is 19.2 Å². The molecule has 2 aromatic carbocycles. The topological polar surface area (TPSA) is 84.7 Å². The largest absolute Gasteiger partial charge is 0.497 e. The van der Waals surface area contributed by atoms with Crippen molar-refractivity contribution < 1.29 is 14.5 Å². The first-order chi connectivity index (χ1) is 14.0. The van der Waals surface area contributed by atoms with Crippen LogP contribution >= 0.6 is 0 Å². The van der Waals surface area contributed by atoms with Gasteiger partial charge in [0.2, 0.25) is 0 Å². The fraction of sp³-hybridized carbons (Fsp3) is 0.409. The second kappa shape index (κ2) is 9.52. The molecule has 3 rings (SSSR count). The Balaban J connectivity index is 1.84. The highest BCUT2D eigenvalue weighted by Crippen LogP contribution is 2.30. The van der Waals surface area contributed by atoms with Crippen LogP contribution in [0.4, 0.5) is 11.4 Å². The van der Waals surface area contributed by atoms with Crippen LogP contribution in [0.5, 0.6) is 5.75 Å². The van der Waals surface area contributed by atoms with Crippen molar-refractivity contribution >= 4 is 17.2 Å². The van der Waals surface area contributed by atoms with Crippen molar-refractivity contribution in [1.82, 2.24) is 4.90 Å². The van der Waals surface area contributed by atoms with E-state index in [-0.39, 0.29) is 17.5 Å². The normalized spacial score (nSPS) is 15.5. The Labute approximate surface area is 170 Å². The quantitative estimate of drug-likeness (QED) is 0.403. The Kier molecular flexibility index (Phi) is 6.82. The van der Waals surface area contributed by atoms with Crippen LogP contribution in [0.3, 0.4) is 0 Å². The molecule has 0 saturated carbocycles. The smallest absolute Gasteiger partial charge is 0.293 e. The van der Waals surface area contributed by atoms with Gasteiger partial charge in [-0.25, -0.2) is 0 Å². The predicted molar refractivity (Wildman–Crippen MR) is 113 cm³/mol. The molecule has 1 aliphatic heterocycles. The summed E-state index contributed by atoms with van der Waals surface area (Å²) in [5.74, 6) is 0.610. The van der Waals surface area contributed by atoms with Crippen molar-refractivity contribution in [2.45, 2.75) is 32.2 Å². The molecular formula is C22H27N3O4. The first-order valence-electron chi connectivity index (χ1n) is 9.91. The number of piperidine rings is 1. The highest BCUT2D eigenvalue weighted by atomic mass is 16.6. The third kappa shape index (κ3) is 5.12. The lowest BCUT2D eigenvalue weighted by atomic mass is 10.0. The number of carbonyl (C=O) groups is 1. The van der Waals surface area contributed by atoms with Gasteiger partial charge in [-0.2, -0.15) is 0 Å². The van der Waals surface area contributed by atoms with Crippen molar-refractivity contribution in [2.24, 2.45) is 0 Å². The molecule has 0 radical (unpaired) electrons. The zero-order valence-corrected chi connectivity index (χ0v) is 16.9. The van der Waals surface area contributed by atoms with Crippen LogP contribution in [-0.4, -0.2) is 42.4 Å². The van der Waals surface area contributed by atoms with Crippen LogP contribution in [-0.2, 0) is 0 Å². The highest BCUT2D eigenvalue weighted by Gasteiger charge is 2.24. The number of Topliss-reactive ketones (excluding diaryl/α,β-unsaturated/α-hetero) is 1. The van der Waals surface area contributed by atoms with Gasteiger partial charge in [-0.3, -0.25) is 19.8 Å². The standard InChI is InChI=1S/C22H27N3O4/c1-16(26)18-8-11-20(21(14-18)25(27)28)23-15-22(24-12-4-3-5-13-24)17-6-9-19(29-2)10-7-17/h6-11,14,22-23H,3-5,12-13,15H2,1-2H3. The van der Waals surface area contributed by atoms with Crippen LogP contribution in [0.2, 0.25) is 0 Å². The van der Waals surface area contributed by atoms with E-state index >= 15 is 0 Å². The Bertz CT molecular complexity index is 861. The number of nitro groups is 1. The van der Waals surface area contributed by atoms with Gasteiger partial charge in [-0.15, -0.1) is 0 Å². The van der Waals surface area contributed by atoms with Crippen molar-refractivity contribution in [3.8, 4) is 5.75 Å². The fourth-order valence-electron chi connectivity index (χ4n) is 3.77. The molecule has 1 aliphatic rings. The summed E-state index contributed by atoms with van der Waals surface area (Å²) in [4.78, 5) is 25.1. The Hall–Kier alpha value is -2.93. The number of nitrogens with one attached hydrogen (secondary N) is 1. The first kappa shape index (κ1) is 20.8. The van der Waals surface area contributed by atoms with Crippen LogP contribution in [0.25, 0.3) is 0 Å². The zero-order chi connectivity index (χ0) is 20.8. The van der Waals surface area contributed by atoms with Gasteiger partial charge >= 0.3 is 0 Å². The van der Waals surface area contributed by atoms with Gasteiger partial charge in [-0.1, -0.05) is 18.6 Å².